The SMILES string of the molecule is COc1ccc2c(c1)C=C(/C=C/c1ccc(F)cc1)CO2. The molecule has 2 aromatic carbocycles. The molecule has 0 aliphatic carbocycles. The summed E-state index contributed by atoms with van der Waals surface area (Å²) in [5.41, 5.74) is 3.01. The first-order valence-corrected chi connectivity index (χ1v) is 6.70. The fraction of sp³-hybridized carbons (Fsp3) is 0.111. The van der Waals surface area contributed by atoms with E-state index >= 15 is 0 Å². The molecule has 0 fully saturated rings. The van der Waals surface area contributed by atoms with Gasteiger partial charge >= 0.3 is 0 Å². The molecule has 0 radical (unpaired) electrons. The lowest BCUT2D eigenvalue weighted by molar-refractivity contribution is 0.349. The molecule has 0 N–H and O–H groups in total. The molecule has 0 amide bonds. The third-order valence-corrected chi connectivity index (χ3v) is 3.31. The summed E-state index contributed by atoms with van der Waals surface area (Å²) in [6, 6.07) is 12.1. The minimum absolute atomic E-state index is 0.228. The minimum Gasteiger partial charge on any atom is -0.497 e. The molecule has 1 aliphatic rings. The van der Waals surface area contributed by atoms with Crippen molar-refractivity contribution >= 4 is 12.2 Å². The minimum atomic E-state index is -0.228. The highest BCUT2D eigenvalue weighted by Gasteiger charge is 2.10. The Morgan fingerprint density at radius 1 is 1.10 bits per heavy atom. The molecule has 0 atom stereocenters. The predicted molar refractivity (Wildman–Crippen MR) is 81.9 cm³/mol. The van der Waals surface area contributed by atoms with Crippen molar-refractivity contribution < 1.29 is 13.9 Å². The molecule has 106 valence electrons. The van der Waals surface area contributed by atoms with Gasteiger partial charge in [0.2, 0.25) is 0 Å². The normalized spacial score (nSPS) is 13.5. The molecule has 21 heavy (non-hydrogen) atoms. The number of hydrogen-bond donors (Lipinski definition) is 0. The summed E-state index contributed by atoms with van der Waals surface area (Å²) >= 11 is 0. The van der Waals surface area contributed by atoms with Gasteiger partial charge in [0.05, 0.1) is 7.11 Å². The van der Waals surface area contributed by atoms with Crippen LogP contribution in [0.1, 0.15) is 11.1 Å². The van der Waals surface area contributed by atoms with Crippen LogP contribution >= 0.6 is 0 Å². The van der Waals surface area contributed by atoms with Crippen molar-refractivity contribution in [2.45, 2.75) is 0 Å². The van der Waals surface area contributed by atoms with Crippen LogP contribution in [0.4, 0.5) is 4.39 Å². The van der Waals surface area contributed by atoms with E-state index in [-0.39, 0.29) is 5.82 Å². The van der Waals surface area contributed by atoms with Gasteiger partial charge in [-0.2, -0.15) is 0 Å². The van der Waals surface area contributed by atoms with E-state index in [0.717, 1.165) is 28.2 Å². The Kier molecular flexibility index (Phi) is 3.73. The first-order valence-electron chi connectivity index (χ1n) is 6.70. The van der Waals surface area contributed by atoms with Crippen LogP contribution in [0.5, 0.6) is 11.5 Å². The zero-order valence-electron chi connectivity index (χ0n) is 11.7. The summed E-state index contributed by atoms with van der Waals surface area (Å²) in [6.45, 7) is 0.525. The summed E-state index contributed by atoms with van der Waals surface area (Å²) in [5.74, 6) is 1.43. The molecule has 0 spiro atoms. The molecule has 3 heteroatoms. The molecule has 1 heterocycles. The Morgan fingerprint density at radius 2 is 1.90 bits per heavy atom. The number of ether oxygens (including phenoxy) is 2. The van der Waals surface area contributed by atoms with E-state index in [9.17, 15) is 4.39 Å². The Morgan fingerprint density at radius 3 is 2.67 bits per heavy atom. The first-order chi connectivity index (χ1) is 10.2. The number of halogens is 1. The second-order valence-corrected chi connectivity index (χ2v) is 4.80. The van der Waals surface area contributed by atoms with Crippen LogP contribution in [0.15, 0.2) is 54.1 Å². The van der Waals surface area contributed by atoms with E-state index < -0.39 is 0 Å². The molecule has 2 aromatic rings. The van der Waals surface area contributed by atoms with E-state index in [2.05, 4.69) is 6.08 Å². The van der Waals surface area contributed by atoms with E-state index in [1.807, 2.05) is 30.4 Å². The van der Waals surface area contributed by atoms with Crippen LogP contribution in [0, 0.1) is 5.82 Å². The summed E-state index contributed by atoms with van der Waals surface area (Å²) in [7, 11) is 1.64. The van der Waals surface area contributed by atoms with Gasteiger partial charge in [-0.05, 0) is 47.5 Å². The molecule has 0 saturated heterocycles. The third-order valence-electron chi connectivity index (χ3n) is 3.31. The lowest BCUT2D eigenvalue weighted by Crippen LogP contribution is -2.05. The predicted octanol–water partition coefficient (Wildman–Crippen LogP) is 4.32. The molecule has 3 rings (SSSR count). The Labute approximate surface area is 123 Å². The molecule has 0 bridgehead atoms. The number of rotatable bonds is 3. The van der Waals surface area contributed by atoms with Crippen LogP contribution < -0.4 is 9.47 Å². The van der Waals surface area contributed by atoms with Crippen molar-refractivity contribution in [3.8, 4) is 11.5 Å². The fourth-order valence-corrected chi connectivity index (χ4v) is 2.17. The van der Waals surface area contributed by atoms with Crippen LogP contribution in [0.3, 0.4) is 0 Å². The lowest BCUT2D eigenvalue weighted by atomic mass is 10.1. The largest absolute Gasteiger partial charge is 0.497 e. The lowest BCUT2D eigenvalue weighted by Gasteiger charge is -2.16. The van der Waals surface area contributed by atoms with Gasteiger partial charge in [0.25, 0.3) is 0 Å². The van der Waals surface area contributed by atoms with Crippen molar-refractivity contribution in [1.82, 2.24) is 0 Å². The maximum Gasteiger partial charge on any atom is 0.127 e. The summed E-state index contributed by atoms with van der Waals surface area (Å²) < 4.78 is 23.8. The van der Waals surface area contributed by atoms with E-state index in [0.29, 0.717) is 6.61 Å². The van der Waals surface area contributed by atoms with Gasteiger partial charge in [0, 0.05) is 5.56 Å². The smallest absolute Gasteiger partial charge is 0.127 e. The van der Waals surface area contributed by atoms with Gasteiger partial charge in [0.15, 0.2) is 0 Å². The monoisotopic (exact) mass is 282 g/mol. The molecule has 0 aromatic heterocycles. The number of methoxy groups -OCH3 is 1. The van der Waals surface area contributed by atoms with Crippen LogP contribution in [-0.4, -0.2) is 13.7 Å². The summed E-state index contributed by atoms with van der Waals surface area (Å²) in [6.07, 6.45) is 6.00. The zero-order chi connectivity index (χ0) is 14.7. The average Bonchev–Trinajstić information content (AvgIpc) is 2.53. The molecule has 0 saturated carbocycles. The van der Waals surface area contributed by atoms with Crippen molar-refractivity contribution in [2.24, 2.45) is 0 Å². The van der Waals surface area contributed by atoms with Crippen LogP contribution in [0.25, 0.3) is 12.2 Å². The number of hydrogen-bond acceptors (Lipinski definition) is 2. The summed E-state index contributed by atoms with van der Waals surface area (Å²) in [5, 5.41) is 0. The average molecular weight is 282 g/mol. The first kappa shape index (κ1) is 13.4. The van der Waals surface area contributed by atoms with E-state index in [4.69, 9.17) is 9.47 Å². The Hall–Kier alpha value is -2.55. The maximum absolute atomic E-state index is 12.9. The van der Waals surface area contributed by atoms with E-state index in [1.54, 1.807) is 19.2 Å². The highest BCUT2D eigenvalue weighted by molar-refractivity contribution is 5.68. The molecule has 1 aliphatic heterocycles. The van der Waals surface area contributed by atoms with Crippen LogP contribution in [-0.2, 0) is 0 Å². The van der Waals surface area contributed by atoms with Gasteiger partial charge in [-0.15, -0.1) is 0 Å². The van der Waals surface area contributed by atoms with Gasteiger partial charge in [-0.3, -0.25) is 0 Å². The highest BCUT2D eigenvalue weighted by Crippen LogP contribution is 2.30. The van der Waals surface area contributed by atoms with Gasteiger partial charge in [-0.25, -0.2) is 4.39 Å². The highest BCUT2D eigenvalue weighted by atomic mass is 19.1. The van der Waals surface area contributed by atoms with Crippen molar-refractivity contribution in [2.75, 3.05) is 13.7 Å². The standard InChI is InChI=1S/C18H15FO2/c1-20-17-8-9-18-15(11-17)10-14(12-21-18)3-2-13-4-6-16(19)7-5-13/h2-11H,12H2,1H3/b3-2+. The molecular formula is C18H15FO2. The fourth-order valence-electron chi connectivity index (χ4n) is 2.17. The number of fused-ring (bicyclic) bond motifs is 1. The van der Waals surface area contributed by atoms with E-state index in [1.165, 1.54) is 12.1 Å². The molecular weight excluding hydrogens is 267 g/mol. The van der Waals surface area contributed by atoms with Crippen molar-refractivity contribution in [3.63, 3.8) is 0 Å². The van der Waals surface area contributed by atoms with Crippen molar-refractivity contribution in [1.29, 1.82) is 0 Å². The maximum atomic E-state index is 12.9. The second-order valence-electron chi connectivity index (χ2n) is 4.80. The van der Waals surface area contributed by atoms with Gasteiger partial charge < -0.3 is 9.47 Å². The summed E-state index contributed by atoms with van der Waals surface area (Å²) in [4.78, 5) is 0. The van der Waals surface area contributed by atoms with Gasteiger partial charge in [0.1, 0.15) is 23.9 Å². The third kappa shape index (κ3) is 3.14. The van der Waals surface area contributed by atoms with Crippen LogP contribution in [0.2, 0.25) is 0 Å². The van der Waals surface area contributed by atoms with Crippen molar-refractivity contribution in [3.05, 3.63) is 71.1 Å². The Bertz CT molecular complexity index is 700. The number of benzene rings is 2. The Balaban J connectivity index is 1.83. The quantitative estimate of drug-likeness (QED) is 0.834. The van der Waals surface area contributed by atoms with Gasteiger partial charge in [-0.1, -0.05) is 24.3 Å². The zero-order valence-corrected chi connectivity index (χ0v) is 11.7. The topological polar surface area (TPSA) is 18.5 Å². The molecule has 0 unspecified atom stereocenters. The molecule has 2 nitrogen and oxygen atoms in total. The second kappa shape index (κ2) is 5.83.